The van der Waals surface area contributed by atoms with Crippen LogP contribution in [0.4, 0.5) is 5.82 Å². The molecule has 2 rings (SSSR count). The summed E-state index contributed by atoms with van der Waals surface area (Å²) >= 11 is 9.37. The first-order valence-electron chi connectivity index (χ1n) is 5.17. The van der Waals surface area contributed by atoms with Crippen LogP contribution in [0, 0.1) is 0 Å². The number of halogens is 2. The molecule has 0 amide bonds. The number of aromatic nitrogens is 3. The van der Waals surface area contributed by atoms with Gasteiger partial charge in [0.1, 0.15) is 0 Å². The highest BCUT2D eigenvalue weighted by Crippen LogP contribution is 2.29. The SMILES string of the molecule is CC(C)c1c(N)nnn1-c1ccc(Cl)cc1Br. The Labute approximate surface area is 113 Å². The van der Waals surface area contributed by atoms with Crippen molar-refractivity contribution in [3.05, 3.63) is 33.4 Å². The molecule has 0 radical (unpaired) electrons. The summed E-state index contributed by atoms with van der Waals surface area (Å²) in [4.78, 5) is 0. The molecule has 2 N–H and O–H groups in total. The number of hydrogen-bond acceptors (Lipinski definition) is 3. The summed E-state index contributed by atoms with van der Waals surface area (Å²) in [5, 5.41) is 8.65. The Morgan fingerprint density at radius 2 is 2.12 bits per heavy atom. The average molecular weight is 316 g/mol. The van der Waals surface area contributed by atoms with Gasteiger partial charge in [-0.2, -0.15) is 0 Å². The standard InChI is InChI=1S/C11H12BrClN4/c1-6(2)10-11(14)15-16-17(10)9-4-3-7(13)5-8(9)12/h3-6H,14H2,1-2H3. The van der Waals surface area contributed by atoms with Crippen molar-refractivity contribution in [3.8, 4) is 5.69 Å². The lowest BCUT2D eigenvalue weighted by atomic mass is 10.1. The zero-order valence-electron chi connectivity index (χ0n) is 9.48. The molecule has 0 aliphatic rings. The van der Waals surface area contributed by atoms with Crippen LogP contribution in [-0.2, 0) is 0 Å². The highest BCUT2D eigenvalue weighted by Gasteiger charge is 2.16. The minimum Gasteiger partial charge on any atom is -0.381 e. The topological polar surface area (TPSA) is 56.7 Å². The molecule has 4 nitrogen and oxygen atoms in total. The summed E-state index contributed by atoms with van der Waals surface area (Å²) < 4.78 is 2.59. The third-order valence-electron chi connectivity index (χ3n) is 2.42. The summed E-state index contributed by atoms with van der Waals surface area (Å²) in [6, 6.07) is 5.51. The van der Waals surface area contributed by atoms with E-state index < -0.39 is 0 Å². The van der Waals surface area contributed by atoms with Crippen LogP contribution in [0.25, 0.3) is 5.69 Å². The molecule has 17 heavy (non-hydrogen) atoms. The van der Waals surface area contributed by atoms with Gasteiger partial charge in [0.15, 0.2) is 5.82 Å². The number of nitrogen functional groups attached to an aromatic ring is 1. The first-order valence-corrected chi connectivity index (χ1v) is 6.34. The van der Waals surface area contributed by atoms with E-state index in [2.05, 4.69) is 40.1 Å². The minimum atomic E-state index is 0.243. The van der Waals surface area contributed by atoms with Crippen LogP contribution in [0.3, 0.4) is 0 Å². The second-order valence-electron chi connectivity index (χ2n) is 4.02. The normalized spacial score (nSPS) is 11.1. The van der Waals surface area contributed by atoms with Gasteiger partial charge < -0.3 is 5.73 Å². The van der Waals surface area contributed by atoms with Gasteiger partial charge in [-0.1, -0.05) is 30.7 Å². The van der Waals surface area contributed by atoms with Crippen LogP contribution < -0.4 is 5.73 Å². The van der Waals surface area contributed by atoms with Crippen LogP contribution >= 0.6 is 27.5 Å². The fourth-order valence-corrected chi connectivity index (χ4v) is 2.52. The molecule has 1 aromatic carbocycles. The number of nitrogens with zero attached hydrogens (tertiary/aromatic N) is 3. The Bertz CT molecular complexity index is 550. The van der Waals surface area contributed by atoms with Gasteiger partial charge in [0, 0.05) is 9.50 Å². The lowest BCUT2D eigenvalue weighted by Crippen LogP contribution is -2.06. The van der Waals surface area contributed by atoms with Crippen molar-refractivity contribution >= 4 is 33.3 Å². The third kappa shape index (κ3) is 2.30. The van der Waals surface area contributed by atoms with Crippen molar-refractivity contribution in [2.75, 3.05) is 5.73 Å². The number of anilines is 1. The molecule has 2 aromatic rings. The van der Waals surface area contributed by atoms with E-state index in [-0.39, 0.29) is 5.92 Å². The van der Waals surface area contributed by atoms with E-state index >= 15 is 0 Å². The molecule has 0 atom stereocenters. The minimum absolute atomic E-state index is 0.243. The van der Waals surface area contributed by atoms with Crippen LogP contribution in [0.15, 0.2) is 22.7 Å². The predicted molar refractivity (Wildman–Crippen MR) is 72.6 cm³/mol. The zero-order valence-corrected chi connectivity index (χ0v) is 11.8. The summed E-state index contributed by atoms with van der Waals surface area (Å²) in [6.07, 6.45) is 0. The number of hydrogen-bond donors (Lipinski definition) is 1. The maximum Gasteiger partial charge on any atom is 0.169 e. The highest BCUT2D eigenvalue weighted by molar-refractivity contribution is 9.10. The molecule has 0 aliphatic heterocycles. The van der Waals surface area contributed by atoms with Crippen molar-refractivity contribution < 1.29 is 0 Å². The maximum atomic E-state index is 5.91. The molecule has 6 heteroatoms. The lowest BCUT2D eigenvalue weighted by molar-refractivity contribution is 0.714. The van der Waals surface area contributed by atoms with Crippen LogP contribution in [0.2, 0.25) is 5.02 Å². The first kappa shape index (κ1) is 12.4. The van der Waals surface area contributed by atoms with Crippen LogP contribution in [-0.4, -0.2) is 15.0 Å². The van der Waals surface area contributed by atoms with Crippen molar-refractivity contribution in [3.63, 3.8) is 0 Å². The predicted octanol–water partition coefficient (Wildman–Crippen LogP) is 3.39. The molecule has 0 saturated heterocycles. The lowest BCUT2D eigenvalue weighted by Gasteiger charge is -2.11. The van der Waals surface area contributed by atoms with E-state index in [0.717, 1.165) is 15.9 Å². The Kier molecular flexibility index (Phi) is 3.40. The summed E-state index contributed by atoms with van der Waals surface area (Å²) in [5.41, 5.74) is 7.60. The Balaban J connectivity index is 2.61. The quantitative estimate of drug-likeness (QED) is 0.924. The highest BCUT2D eigenvalue weighted by atomic mass is 79.9. The van der Waals surface area contributed by atoms with Gasteiger partial charge in [-0.3, -0.25) is 0 Å². The van der Waals surface area contributed by atoms with E-state index in [9.17, 15) is 0 Å². The third-order valence-corrected chi connectivity index (χ3v) is 3.29. The number of nitrogens with two attached hydrogens (primary N) is 1. The Morgan fingerprint density at radius 3 is 2.71 bits per heavy atom. The van der Waals surface area contributed by atoms with E-state index in [1.54, 1.807) is 4.68 Å². The fourth-order valence-electron chi connectivity index (χ4n) is 1.67. The Morgan fingerprint density at radius 1 is 1.41 bits per heavy atom. The van der Waals surface area contributed by atoms with E-state index in [4.69, 9.17) is 17.3 Å². The van der Waals surface area contributed by atoms with Gasteiger partial charge in [0.05, 0.1) is 11.4 Å². The average Bonchev–Trinajstić information content (AvgIpc) is 2.60. The van der Waals surface area contributed by atoms with Crippen molar-refractivity contribution in [1.82, 2.24) is 15.0 Å². The van der Waals surface area contributed by atoms with Crippen LogP contribution in [0.1, 0.15) is 25.5 Å². The monoisotopic (exact) mass is 314 g/mol. The molecule has 0 unspecified atom stereocenters. The van der Waals surface area contributed by atoms with Gasteiger partial charge in [-0.25, -0.2) is 4.68 Å². The van der Waals surface area contributed by atoms with Gasteiger partial charge >= 0.3 is 0 Å². The van der Waals surface area contributed by atoms with Gasteiger partial charge in [-0.05, 0) is 40.0 Å². The zero-order chi connectivity index (χ0) is 12.6. The molecular formula is C11H12BrClN4. The van der Waals surface area contributed by atoms with Crippen molar-refractivity contribution in [2.24, 2.45) is 0 Å². The van der Waals surface area contributed by atoms with Crippen molar-refractivity contribution in [1.29, 1.82) is 0 Å². The molecule has 0 aliphatic carbocycles. The fraction of sp³-hybridized carbons (Fsp3) is 0.273. The molecule has 1 aromatic heterocycles. The molecule has 90 valence electrons. The number of rotatable bonds is 2. The van der Waals surface area contributed by atoms with E-state index in [0.29, 0.717) is 10.8 Å². The van der Waals surface area contributed by atoms with Gasteiger partial charge in [-0.15, -0.1) is 5.10 Å². The first-order chi connectivity index (χ1) is 8.00. The molecule has 0 bridgehead atoms. The second kappa shape index (κ2) is 4.66. The molecule has 1 heterocycles. The van der Waals surface area contributed by atoms with Gasteiger partial charge in [0.2, 0.25) is 0 Å². The summed E-state index contributed by atoms with van der Waals surface area (Å²) in [5.74, 6) is 0.703. The second-order valence-corrected chi connectivity index (χ2v) is 5.31. The van der Waals surface area contributed by atoms with E-state index in [1.807, 2.05) is 18.2 Å². The smallest absolute Gasteiger partial charge is 0.169 e. The number of benzene rings is 1. The Hall–Kier alpha value is -1.07. The van der Waals surface area contributed by atoms with Crippen molar-refractivity contribution in [2.45, 2.75) is 19.8 Å². The maximum absolute atomic E-state index is 5.91. The summed E-state index contributed by atoms with van der Waals surface area (Å²) in [7, 11) is 0. The van der Waals surface area contributed by atoms with Gasteiger partial charge in [0.25, 0.3) is 0 Å². The molecule has 0 saturated carbocycles. The summed E-state index contributed by atoms with van der Waals surface area (Å²) in [6.45, 7) is 4.10. The molecule has 0 fully saturated rings. The van der Waals surface area contributed by atoms with E-state index in [1.165, 1.54) is 0 Å². The molecule has 0 spiro atoms. The largest absolute Gasteiger partial charge is 0.381 e. The molecular weight excluding hydrogens is 304 g/mol. The van der Waals surface area contributed by atoms with Crippen LogP contribution in [0.5, 0.6) is 0 Å².